The van der Waals surface area contributed by atoms with Gasteiger partial charge in [-0.3, -0.25) is 4.79 Å². The molecule has 1 amide bonds. The van der Waals surface area contributed by atoms with E-state index in [1.807, 2.05) is 37.3 Å². The second-order valence-corrected chi connectivity index (χ2v) is 8.21. The summed E-state index contributed by atoms with van der Waals surface area (Å²) in [6.07, 6.45) is 0. The number of hydrogen-bond acceptors (Lipinski definition) is 5. The van der Waals surface area contributed by atoms with Crippen LogP contribution in [0.25, 0.3) is 0 Å². The number of benzene rings is 2. The van der Waals surface area contributed by atoms with Crippen LogP contribution in [0.4, 0.5) is 11.4 Å². The molecule has 2 aromatic rings. The summed E-state index contributed by atoms with van der Waals surface area (Å²) < 4.78 is 5.45. The van der Waals surface area contributed by atoms with Crippen LogP contribution in [0.1, 0.15) is 19.4 Å². The largest absolute Gasteiger partial charge is 0.494 e. The first kappa shape index (κ1) is 21.5. The van der Waals surface area contributed by atoms with Crippen molar-refractivity contribution in [2.75, 3.05) is 55.3 Å². The zero-order valence-electron chi connectivity index (χ0n) is 17.6. The average molecular weight is 414 g/mol. The van der Waals surface area contributed by atoms with Gasteiger partial charge in [-0.1, -0.05) is 6.92 Å². The Labute approximate surface area is 178 Å². The number of carbonyl (C=O) groups excluding carboxylic acids is 1. The second-order valence-electron chi connectivity index (χ2n) is 7.16. The summed E-state index contributed by atoms with van der Waals surface area (Å²) in [6.45, 7) is 12.3. The molecule has 1 heterocycles. The van der Waals surface area contributed by atoms with Gasteiger partial charge in [-0.2, -0.15) is 0 Å². The molecule has 0 unspecified atom stereocenters. The van der Waals surface area contributed by atoms with Crippen molar-refractivity contribution in [3.8, 4) is 5.75 Å². The number of amides is 1. The van der Waals surface area contributed by atoms with E-state index in [1.54, 1.807) is 0 Å². The van der Waals surface area contributed by atoms with E-state index in [9.17, 15) is 4.79 Å². The zero-order chi connectivity index (χ0) is 20.6. The van der Waals surface area contributed by atoms with E-state index in [2.05, 4.69) is 41.1 Å². The van der Waals surface area contributed by atoms with Crippen LogP contribution in [0.5, 0.6) is 5.75 Å². The van der Waals surface area contributed by atoms with Crippen molar-refractivity contribution < 1.29 is 9.53 Å². The minimum absolute atomic E-state index is 0.0105. The Kier molecular flexibility index (Phi) is 7.83. The number of hydrogen-bond donors (Lipinski definition) is 1. The quantitative estimate of drug-likeness (QED) is 0.655. The summed E-state index contributed by atoms with van der Waals surface area (Å²) in [5.74, 6) is 1.25. The Balaban J connectivity index is 1.51. The standard InChI is InChI=1S/C23H31N3O2S/c1-4-25-12-14-26(15-13-25)19-6-11-22(18(3)16-19)24-23(27)17-29-21-9-7-20(8-10-21)28-5-2/h6-11,16H,4-5,12-15,17H2,1-3H3,(H,24,27). The molecule has 0 radical (unpaired) electrons. The van der Waals surface area contributed by atoms with Crippen molar-refractivity contribution >= 4 is 29.0 Å². The monoisotopic (exact) mass is 413 g/mol. The lowest BCUT2D eigenvalue weighted by atomic mass is 10.1. The van der Waals surface area contributed by atoms with E-state index in [-0.39, 0.29) is 5.91 Å². The van der Waals surface area contributed by atoms with Crippen LogP contribution in [0.3, 0.4) is 0 Å². The van der Waals surface area contributed by atoms with E-state index in [1.165, 1.54) is 17.4 Å². The van der Waals surface area contributed by atoms with Gasteiger partial charge in [0.25, 0.3) is 0 Å². The first-order chi connectivity index (χ1) is 14.1. The van der Waals surface area contributed by atoms with Crippen LogP contribution in [0.15, 0.2) is 47.4 Å². The van der Waals surface area contributed by atoms with Crippen molar-refractivity contribution in [1.29, 1.82) is 0 Å². The molecule has 0 bridgehead atoms. The highest BCUT2D eigenvalue weighted by Gasteiger charge is 2.16. The summed E-state index contributed by atoms with van der Waals surface area (Å²) in [5.41, 5.74) is 3.22. The predicted octanol–water partition coefficient (Wildman–Crippen LogP) is 4.27. The minimum Gasteiger partial charge on any atom is -0.494 e. The molecular weight excluding hydrogens is 382 g/mol. The SMILES string of the molecule is CCOc1ccc(SCC(=O)Nc2ccc(N3CCN(CC)CC3)cc2C)cc1. The maximum Gasteiger partial charge on any atom is 0.234 e. The number of aryl methyl sites for hydroxylation is 1. The lowest BCUT2D eigenvalue weighted by molar-refractivity contribution is -0.113. The number of ether oxygens (including phenoxy) is 1. The van der Waals surface area contributed by atoms with E-state index in [0.717, 1.165) is 54.6 Å². The van der Waals surface area contributed by atoms with E-state index < -0.39 is 0 Å². The molecule has 0 aromatic heterocycles. The number of carbonyl (C=O) groups is 1. The smallest absolute Gasteiger partial charge is 0.234 e. The first-order valence-electron chi connectivity index (χ1n) is 10.3. The topological polar surface area (TPSA) is 44.8 Å². The normalized spacial score (nSPS) is 14.7. The molecule has 29 heavy (non-hydrogen) atoms. The first-order valence-corrected chi connectivity index (χ1v) is 11.3. The second kappa shape index (κ2) is 10.6. The van der Waals surface area contributed by atoms with Crippen LogP contribution >= 0.6 is 11.8 Å². The van der Waals surface area contributed by atoms with Gasteiger partial charge in [0.2, 0.25) is 5.91 Å². The van der Waals surface area contributed by atoms with Gasteiger partial charge >= 0.3 is 0 Å². The van der Waals surface area contributed by atoms with E-state index in [0.29, 0.717) is 12.4 Å². The summed E-state index contributed by atoms with van der Waals surface area (Å²) in [6, 6.07) is 14.2. The Morgan fingerprint density at radius 3 is 2.41 bits per heavy atom. The third-order valence-electron chi connectivity index (χ3n) is 5.17. The average Bonchev–Trinajstić information content (AvgIpc) is 2.75. The van der Waals surface area contributed by atoms with Crippen molar-refractivity contribution in [2.24, 2.45) is 0 Å². The number of thioether (sulfide) groups is 1. The van der Waals surface area contributed by atoms with Gasteiger partial charge in [-0.05, 0) is 68.4 Å². The van der Waals surface area contributed by atoms with Crippen LogP contribution in [-0.4, -0.2) is 55.9 Å². The van der Waals surface area contributed by atoms with Gasteiger partial charge in [0.15, 0.2) is 0 Å². The fourth-order valence-electron chi connectivity index (χ4n) is 3.44. The molecule has 5 nitrogen and oxygen atoms in total. The molecule has 1 aliphatic heterocycles. The summed E-state index contributed by atoms with van der Waals surface area (Å²) >= 11 is 1.53. The molecule has 2 aromatic carbocycles. The molecule has 0 atom stereocenters. The molecule has 1 fully saturated rings. The lowest BCUT2D eigenvalue weighted by Crippen LogP contribution is -2.46. The fraction of sp³-hybridized carbons (Fsp3) is 0.435. The molecule has 156 valence electrons. The summed E-state index contributed by atoms with van der Waals surface area (Å²) in [5, 5.41) is 3.05. The molecule has 1 saturated heterocycles. The summed E-state index contributed by atoms with van der Waals surface area (Å²) in [7, 11) is 0. The van der Waals surface area contributed by atoms with Crippen LogP contribution in [0, 0.1) is 6.92 Å². The number of piperazine rings is 1. The zero-order valence-corrected chi connectivity index (χ0v) is 18.4. The number of nitrogens with one attached hydrogen (secondary N) is 1. The number of anilines is 2. The lowest BCUT2D eigenvalue weighted by Gasteiger charge is -2.35. The maximum atomic E-state index is 12.4. The van der Waals surface area contributed by atoms with E-state index >= 15 is 0 Å². The van der Waals surface area contributed by atoms with Crippen LogP contribution in [-0.2, 0) is 4.79 Å². The third kappa shape index (κ3) is 6.15. The number of rotatable bonds is 8. The van der Waals surface area contributed by atoms with Crippen LogP contribution < -0.4 is 15.0 Å². The molecule has 1 aliphatic rings. The van der Waals surface area contributed by atoms with Crippen molar-refractivity contribution in [2.45, 2.75) is 25.7 Å². The fourth-order valence-corrected chi connectivity index (χ4v) is 4.14. The highest BCUT2D eigenvalue weighted by atomic mass is 32.2. The summed E-state index contributed by atoms with van der Waals surface area (Å²) in [4.78, 5) is 18.3. The molecule has 0 aliphatic carbocycles. The predicted molar refractivity (Wildman–Crippen MR) is 122 cm³/mol. The molecule has 0 spiro atoms. The Morgan fingerprint density at radius 2 is 1.79 bits per heavy atom. The van der Waals surface area contributed by atoms with Gasteiger partial charge in [-0.25, -0.2) is 0 Å². The number of nitrogens with zero attached hydrogens (tertiary/aromatic N) is 2. The van der Waals surface area contributed by atoms with E-state index in [4.69, 9.17) is 4.74 Å². The molecule has 1 N–H and O–H groups in total. The Hall–Kier alpha value is -2.18. The van der Waals surface area contributed by atoms with Crippen LogP contribution in [0.2, 0.25) is 0 Å². The van der Waals surface area contributed by atoms with Crippen molar-refractivity contribution in [3.63, 3.8) is 0 Å². The van der Waals surface area contributed by atoms with Gasteiger partial charge in [0.1, 0.15) is 5.75 Å². The van der Waals surface area contributed by atoms with Gasteiger partial charge in [0, 0.05) is 42.4 Å². The molecule has 6 heteroatoms. The van der Waals surface area contributed by atoms with Gasteiger partial charge in [-0.15, -0.1) is 11.8 Å². The Bertz CT molecular complexity index is 802. The minimum atomic E-state index is 0.0105. The molecule has 0 saturated carbocycles. The highest BCUT2D eigenvalue weighted by Crippen LogP contribution is 2.25. The maximum absolute atomic E-state index is 12.4. The number of likely N-dealkylation sites (N-methyl/N-ethyl adjacent to an activating group) is 1. The Morgan fingerprint density at radius 1 is 1.07 bits per heavy atom. The van der Waals surface area contributed by atoms with Gasteiger partial charge in [0.05, 0.1) is 12.4 Å². The third-order valence-corrected chi connectivity index (χ3v) is 6.19. The highest BCUT2D eigenvalue weighted by molar-refractivity contribution is 8.00. The van der Waals surface area contributed by atoms with Crippen molar-refractivity contribution in [1.82, 2.24) is 4.90 Å². The molecular formula is C23H31N3O2S. The van der Waals surface area contributed by atoms with Crippen molar-refractivity contribution in [3.05, 3.63) is 48.0 Å². The molecule has 3 rings (SSSR count). The van der Waals surface area contributed by atoms with Gasteiger partial charge < -0.3 is 19.9 Å².